The van der Waals surface area contributed by atoms with Gasteiger partial charge in [-0.05, 0) is 25.7 Å². The second-order valence-corrected chi connectivity index (χ2v) is 6.67. The Bertz CT molecular complexity index is 500. The molecule has 2 heterocycles. The van der Waals surface area contributed by atoms with E-state index in [-0.39, 0.29) is 18.0 Å². The Morgan fingerprint density at radius 1 is 1.45 bits per heavy atom. The minimum atomic E-state index is -0.627. The molecule has 0 bridgehead atoms. The highest BCUT2D eigenvalue weighted by molar-refractivity contribution is 5.74. The highest BCUT2D eigenvalue weighted by atomic mass is 16.3. The number of aliphatic hydroxyl groups excluding tert-OH is 1. The van der Waals surface area contributed by atoms with Crippen LogP contribution < -0.4 is 5.32 Å². The topological polar surface area (TPSA) is 70.4 Å². The molecule has 0 aliphatic carbocycles. The van der Waals surface area contributed by atoms with Crippen LogP contribution in [-0.2, 0) is 7.05 Å². The maximum absolute atomic E-state index is 12.3. The SMILES string of the molecule is CC(C)C(C)NC(=O)N1CCCC(C(O)c2nccn2C)C1. The minimum Gasteiger partial charge on any atom is -0.385 e. The molecular formula is C16H28N4O2. The van der Waals surface area contributed by atoms with Crippen LogP contribution in [0.4, 0.5) is 4.79 Å². The smallest absolute Gasteiger partial charge is 0.317 e. The molecule has 2 amide bonds. The second kappa shape index (κ2) is 7.13. The summed E-state index contributed by atoms with van der Waals surface area (Å²) in [5.41, 5.74) is 0. The number of carbonyl (C=O) groups is 1. The van der Waals surface area contributed by atoms with Gasteiger partial charge in [0.05, 0.1) is 0 Å². The van der Waals surface area contributed by atoms with Crippen LogP contribution in [0, 0.1) is 11.8 Å². The maximum Gasteiger partial charge on any atom is 0.317 e. The zero-order valence-electron chi connectivity index (χ0n) is 14.0. The molecule has 1 aliphatic rings. The number of nitrogens with zero attached hydrogens (tertiary/aromatic N) is 3. The van der Waals surface area contributed by atoms with Crippen molar-refractivity contribution in [2.75, 3.05) is 13.1 Å². The molecule has 22 heavy (non-hydrogen) atoms. The molecule has 1 fully saturated rings. The van der Waals surface area contributed by atoms with E-state index in [1.807, 2.05) is 29.6 Å². The third-order valence-electron chi connectivity index (χ3n) is 4.67. The van der Waals surface area contributed by atoms with Crippen LogP contribution in [0.25, 0.3) is 0 Å². The molecule has 2 N–H and O–H groups in total. The van der Waals surface area contributed by atoms with Crippen LogP contribution in [0.2, 0.25) is 0 Å². The molecule has 124 valence electrons. The lowest BCUT2D eigenvalue weighted by Gasteiger charge is -2.35. The molecule has 0 saturated carbocycles. The van der Waals surface area contributed by atoms with Crippen molar-refractivity contribution < 1.29 is 9.90 Å². The number of aryl methyl sites for hydroxylation is 1. The molecule has 0 aromatic carbocycles. The maximum atomic E-state index is 12.3. The Kier molecular flexibility index (Phi) is 5.45. The number of hydrogen-bond donors (Lipinski definition) is 2. The predicted octanol–water partition coefficient (Wildman–Crippen LogP) is 1.92. The first-order valence-electron chi connectivity index (χ1n) is 8.11. The van der Waals surface area contributed by atoms with E-state index in [1.54, 1.807) is 6.20 Å². The minimum absolute atomic E-state index is 0.0297. The Hall–Kier alpha value is -1.56. The van der Waals surface area contributed by atoms with Gasteiger partial charge in [-0.2, -0.15) is 0 Å². The lowest BCUT2D eigenvalue weighted by atomic mass is 9.92. The number of amides is 2. The average molecular weight is 308 g/mol. The number of carbonyl (C=O) groups excluding carboxylic acids is 1. The number of nitrogens with one attached hydrogen (secondary N) is 1. The standard InChI is InChI=1S/C16H28N4O2/c1-11(2)12(3)18-16(22)20-8-5-6-13(10-20)14(21)15-17-7-9-19(15)4/h7,9,11-14,21H,5-6,8,10H2,1-4H3,(H,18,22). The summed E-state index contributed by atoms with van der Waals surface area (Å²) < 4.78 is 1.84. The van der Waals surface area contributed by atoms with E-state index in [1.165, 1.54) is 0 Å². The van der Waals surface area contributed by atoms with Crippen molar-refractivity contribution in [3.63, 3.8) is 0 Å². The first-order chi connectivity index (χ1) is 10.4. The lowest BCUT2D eigenvalue weighted by Crippen LogP contribution is -2.49. The summed E-state index contributed by atoms with van der Waals surface area (Å²) in [5, 5.41) is 13.6. The molecule has 3 atom stereocenters. The van der Waals surface area contributed by atoms with Crippen molar-refractivity contribution in [3.8, 4) is 0 Å². The summed E-state index contributed by atoms with van der Waals surface area (Å²) in [6.07, 6.45) is 4.72. The lowest BCUT2D eigenvalue weighted by molar-refractivity contribution is 0.0526. The van der Waals surface area contributed by atoms with Gasteiger partial charge in [0.25, 0.3) is 0 Å². The summed E-state index contributed by atoms with van der Waals surface area (Å²) >= 11 is 0. The Morgan fingerprint density at radius 3 is 2.77 bits per heavy atom. The molecule has 1 saturated heterocycles. The number of imidazole rings is 1. The summed E-state index contributed by atoms with van der Waals surface area (Å²) in [6, 6.07) is 0.116. The quantitative estimate of drug-likeness (QED) is 0.893. The molecular weight excluding hydrogens is 280 g/mol. The molecule has 2 rings (SSSR count). The molecule has 0 spiro atoms. The first-order valence-corrected chi connectivity index (χ1v) is 8.11. The average Bonchev–Trinajstić information content (AvgIpc) is 2.92. The molecule has 0 radical (unpaired) electrons. The molecule has 1 aromatic heterocycles. The van der Waals surface area contributed by atoms with E-state index < -0.39 is 6.10 Å². The van der Waals surface area contributed by atoms with Crippen LogP contribution >= 0.6 is 0 Å². The molecule has 1 aromatic rings. The fourth-order valence-electron chi connectivity index (χ4n) is 2.78. The molecule has 3 unspecified atom stereocenters. The number of rotatable bonds is 4. The third-order valence-corrected chi connectivity index (χ3v) is 4.67. The Morgan fingerprint density at radius 2 is 2.18 bits per heavy atom. The Labute approximate surface area is 132 Å². The molecule has 1 aliphatic heterocycles. The summed E-state index contributed by atoms with van der Waals surface area (Å²) in [7, 11) is 1.88. The van der Waals surface area contributed by atoms with Gasteiger partial charge in [-0.1, -0.05) is 13.8 Å². The van der Waals surface area contributed by atoms with E-state index in [0.717, 1.165) is 19.4 Å². The van der Waals surface area contributed by atoms with Gasteiger partial charge in [-0.3, -0.25) is 0 Å². The molecule has 6 nitrogen and oxygen atoms in total. The van der Waals surface area contributed by atoms with Gasteiger partial charge in [-0.15, -0.1) is 0 Å². The highest BCUT2D eigenvalue weighted by Gasteiger charge is 2.31. The van der Waals surface area contributed by atoms with Crippen LogP contribution in [0.15, 0.2) is 12.4 Å². The predicted molar refractivity (Wildman–Crippen MR) is 85.3 cm³/mol. The van der Waals surface area contributed by atoms with Crippen LogP contribution in [-0.4, -0.2) is 44.7 Å². The largest absolute Gasteiger partial charge is 0.385 e. The zero-order valence-corrected chi connectivity index (χ0v) is 14.0. The number of urea groups is 1. The normalized spacial score (nSPS) is 21.7. The van der Waals surface area contributed by atoms with Gasteiger partial charge >= 0.3 is 6.03 Å². The van der Waals surface area contributed by atoms with Crippen molar-refractivity contribution in [1.29, 1.82) is 0 Å². The van der Waals surface area contributed by atoms with E-state index in [0.29, 0.717) is 18.3 Å². The van der Waals surface area contributed by atoms with Crippen molar-refractivity contribution in [3.05, 3.63) is 18.2 Å². The van der Waals surface area contributed by atoms with Crippen LogP contribution in [0.3, 0.4) is 0 Å². The summed E-state index contributed by atoms with van der Waals surface area (Å²) in [4.78, 5) is 18.4. The number of aliphatic hydroxyl groups is 1. The van der Waals surface area contributed by atoms with Gasteiger partial charge in [0, 0.05) is 44.5 Å². The van der Waals surface area contributed by atoms with E-state index in [2.05, 4.69) is 24.1 Å². The van der Waals surface area contributed by atoms with Crippen molar-refractivity contribution in [2.24, 2.45) is 18.9 Å². The highest BCUT2D eigenvalue weighted by Crippen LogP contribution is 2.28. The number of aromatic nitrogens is 2. The summed E-state index contributed by atoms with van der Waals surface area (Å²) in [6.45, 7) is 7.53. The van der Waals surface area contributed by atoms with E-state index in [9.17, 15) is 9.90 Å². The van der Waals surface area contributed by atoms with Gasteiger partial charge in [0.15, 0.2) is 0 Å². The van der Waals surface area contributed by atoms with Gasteiger partial charge in [0.2, 0.25) is 0 Å². The third kappa shape index (κ3) is 3.80. The second-order valence-electron chi connectivity index (χ2n) is 6.67. The monoisotopic (exact) mass is 308 g/mol. The van der Waals surface area contributed by atoms with Crippen LogP contribution in [0.1, 0.15) is 45.5 Å². The number of likely N-dealkylation sites (tertiary alicyclic amines) is 1. The van der Waals surface area contributed by atoms with Gasteiger partial charge in [0.1, 0.15) is 11.9 Å². The van der Waals surface area contributed by atoms with Crippen molar-refractivity contribution in [1.82, 2.24) is 19.8 Å². The van der Waals surface area contributed by atoms with Gasteiger partial charge in [-0.25, -0.2) is 9.78 Å². The molecule has 6 heteroatoms. The van der Waals surface area contributed by atoms with Crippen molar-refractivity contribution in [2.45, 2.75) is 45.8 Å². The van der Waals surface area contributed by atoms with Crippen LogP contribution in [0.5, 0.6) is 0 Å². The number of hydrogen-bond acceptors (Lipinski definition) is 3. The Balaban J connectivity index is 1.97. The van der Waals surface area contributed by atoms with Gasteiger partial charge < -0.3 is 19.9 Å². The van der Waals surface area contributed by atoms with E-state index >= 15 is 0 Å². The first kappa shape index (κ1) is 16.8. The fourth-order valence-corrected chi connectivity index (χ4v) is 2.78. The number of piperidine rings is 1. The zero-order chi connectivity index (χ0) is 16.3. The fraction of sp³-hybridized carbons (Fsp3) is 0.750. The summed E-state index contributed by atoms with van der Waals surface area (Å²) in [5.74, 6) is 1.11. The van der Waals surface area contributed by atoms with Crippen molar-refractivity contribution >= 4 is 6.03 Å². The van der Waals surface area contributed by atoms with E-state index in [4.69, 9.17) is 0 Å².